The van der Waals surface area contributed by atoms with Crippen LogP contribution in [0.4, 0.5) is 5.00 Å². The highest BCUT2D eigenvalue weighted by atomic mass is 32.1. The van der Waals surface area contributed by atoms with E-state index < -0.39 is 30.4 Å². The summed E-state index contributed by atoms with van der Waals surface area (Å²) >= 11 is 0.919. The quantitative estimate of drug-likeness (QED) is 0.348. The molecule has 0 spiro atoms. The van der Waals surface area contributed by atoms with Gasteiger partial charge in [0.1, 0.15) is 5.00 Å². The van der Waals surface area contributed by atoms with Crippen LogP contribution < -0.4 is 5.32 Å². The van der Waals surface area contributed by atoms with Gasteiger partial charge in [-0.25, -0.2) is 14.4 Å². The number of esters is 3. The Morgan fingerprint density at radius 3 is 2.07 bits per heavy atom. The minimum absolute atomic E-state index is 0.0638. The van der Waals surface area contributed by atoms with Crippen molar-refractivity contribution in [3.05, 3.63) is 28.2 Å². The van der Waals surface area contributed by atoms with Crippen LogP contribution in [0.3, 0.4) is 0 Å². The van der Waals surface area contributed by atoms with Crippen molar-refractivity contribution in [2.75, 3.05) is 39.2 Å². The van der Waals surface area contributed by atoms with Crippen LogP contribution >= 0.6 is 11.3 Å². The summed E-state index contributed by atoms with van der Waals surface area (Å²) in [5, 5.41) is 2.57. The largest absolute Gasteiger partial charge is 0.463 e. The lowest BCUT2D eigenvalue weighted by Gasteiger charge is -2.09. The highest BCUT2D eigenvalue weighted by Crippen LogP contribution is 2.34. The molecule has 11 heteroatoms. The smallest absolute Gasteiger partial charge is 0.341 e. The molecule has 164 valence electrons. The Bertz CT molecular complexity index is 857. The molecule has 1 rings (SSSR count). The number of hydrogen-bond donors (Lipinski definition) is 1. The second-order valence-corrected chi connectivity index (χ2v) is 6.94. The minimum atomic E-state index is -0.922. The zero-order valence-electron chi connectivity index (χ0n) is 17.4. The van der Waals surface area contributed by atoms with Crippen LogP contribution in [0.1, 0.15) is 39.4 Å². The number of ether oxygens (including phenoxy) is 3. The number of amides is 2. The fourth-order valence-corrected chi connectivity index (χ4v) is 3.36. The fourth-order valence-electron chi connectivity index (χ4n) is 2.13. The molecular formula is C19H24N2O8S. The molecule has 1 heterocycles. The summed E-state index contributed by atoms with van der Waals surface area (Å²) in [4.78, 5) is 61.2. The second kappa shape index (κ2) is 11.7. The van der Waals surface area contributed by atoms with Gasteiger partial charge in [0.25, 0.3) is 11.8 Å². The summed E-state index contributed by atoms with van der Waals surface area (Å²) in [5.74, 6) is -3.39. The molecule has 0 fully saturated rings. The topological polar surface area (TPSA) is 128 Å². The number of carbonyl (C=O) groups excluding carboxylic acids is 5. The summed E-state index contributed by atoms with van der Waals surface area (Å²) in [5.41, 5.74) is 0.441. The van der Waals surface area contributed by atoms with Crippen molar-refractivity contribution in [1.29, 1.82) is 0 Å². The number of thiophene rings is 1. The predicted molar refractivity (Wildman–Crippen MR) is 108 cm³/mol. The Morgan fingerprint density at radius 1 is 0.967 bits per heavy atom. The molecule has 0 aliphatic heterocycles. The van der Waals surface area contributed by atoms with Crippen molar-refractivity contribution < 1.29 is 38.2 Å². The first kappa shape index (κ1) is 24.8. The molecule has 0 aliphatic rings. The number of hydrogen-bond acceptors (Lipinski definition) is 9. The summed E-state index contributed by atoms with van der Waals surface area (Å²) in [6, 6.07) is 0. The maximum atomic E-state index is 12.3. The summed E-state index contributed by atoms with van der Waals surface area (Å²) < 4.78 is 14.4. The van der Waals surface area contributed by atoms with Gasteiger partial charge in [-0.1, -0.05) is 0 Å². The normalized spacial score (nSPS) is 10.4. The van der Waals surface area contributed by atoms with Gasteiger partial charge in [0.2, 0.25) is 0 Å². The van der Waals surface area contributed by atoms with Gasteiger partial charge in [0, 0.05) is 26.2 Å². The fraction of sp³-hybridized carbons (Fsp3) is 0.421. The number of anilines is 1. The van der Waals surface area contributed by atoms with Crippen molar-refractivity contribution in [2.45, 2.75) is 20.8 Å². The average molecular weight is 440 g/mol. The summed E-state index contributed by atoms with van der Waals surface area (Å²) in [7, 11) is 3.13. The Morgan fingerprint density at radius 2 is 1.53 bits per heavy atom. The van der Waals surface area contributed by atoms with Crippen LogP contribution in [-0.2, 0) is 28.6 Å². The number of nitrogens with one attached hydrogen (secondary N) is 1. The van der Waals surface area contributed by atoms with Crippen molar-refractivity contribution in [3.63, 3.8) is 0 Å². The summed E-state index contributed by atoms with van der Waals surface area (Å²) in [6.45, 7) is 4.43. The molecule has 0 unspecified atom stereocenters. The van der Waals surface area contributed by atoms with Gasteiger partial charge in [-0.05, 0) is 26.3 Å². The molecule has 0 saturated heterocycles. The van der Waals surface area contributed by atoms with Crippen LogP contribution in [0.2, 0.25) is 0 Å². The van der Waals surface area contributed by atoms with E-state index >= 15 is 0 Å². The molecule has 1 aromatic rings. The van der Waals surface area contributed by atoms with E-state index in [1.165, 1.54) is 4.90 Å². The highest BCUT2D eigenvalue weighted by molar-refractivity contribution is 7.18. The van der Waals surface area contributed by atoms with E-state index in [4.69, 9.17) is 9.47 Å². The molecule has 0 bridgehead atoms. The number of rotatable bonds is 9. The van der Waals surface area contributed by atoms with Gasteiger partial charge in [-0.15, -0.1) is 11.3 Å². The Balaban J connectivity index is 2.92. The highest BCUT2D eigenvalue weighted by Gasteiger charge is 2.27. The van der Waals surface area contributed by atoms with Crippen LogP contribution in [0.5, 0.6) is 0 Å². The second-order valence-electron chi connectivity index (χ2n) is 5.92. The molecular weight excluding hydrogens is 416 g/mol. The third-order valence-electron chi connectivity index (χ3n) is 3.47. The zero-order valence-corrected chi connectivity index (χ0v) is 18.2. The lowest BCUT2D eigenvalue weighted by atomic mass is 10.1. The molecule has 0 aliphatic carbocycles. The van der Waals surface area contributed by atoms with E-state index in [2.05, 4.69) is 10.1 Å². The average Bonchev–Trinajstić information content (AvgIpc) is 3.00. The third kappa shape index (κ3) is 6.99. The number of nitrogens with zero attached hydrogens (tertiary/aromatic N) is 1. The molecule has 1 aromatic heterocycles. The molecule has 0 radical (unpaired) electrons. The molecule has 1 N–H and O–H groups in total. The van der Waals surface area contributed by atoms with Gasteiger partial charge >= 0.3 is 17.9 Å². The van der Waals surface area contributed by atoms with Crippen molar-refractivity contribution in [2.24, 2.45) is 0 Å². The van der Waals surface area contributed by atoms with Crippen molar-refractivity contribution in [1.82, 2.24) is 4.90 Å². The van der Waals surface area contributed by atoms with E-state index in [1.807, 2.05) is 0 Å². The van der Waals surface area contributed by atoms with E-state index in [0.717, 1.165) is 23.5 Å². The summed E-state index contributed by atoms with van der Waals surface area (Å²) in [6.07, 6.45) is 1.71. The monoisotopic (exact) mass is 440 g/mol. The first-order valence-corrected chi connectivity index (χ1v) is 9.77. The Hall–Kier alpha value is -3.21. The molecule has 0 atom stereocenters. The van der Waals surface area contributed by atoms with Crippen LogP contribution in [0, 0.1) is 6.92 Å². The van der Waals surface area contributed by atoms with Crippen LogP contribution in [-0.4, -0.2) is 68.5 Å². The predicted octanol–water partition coefficient (Wildman–Crippen LogP) is 1.54. The van der Waals surface area contributed by atoms with E-state index in [1.54, 1.807) is 34.9 Å². The van der Waals surface area contributed by atoms with Gasteiger partial charge < -0.3 is 24.4 Å². The Labute approximate surface area is 177 Å². The van der Waals surface area contributed by atoms with E-state index in [9.17, 15) is 24.0 Å². The Kier molecular flexibility index (Phi) is 9.69. The van der Waals surface area contributed by atoms with Gasteiger partial charge in [-0.2, -0.15) is 0 Å². The molecule has 10 nitrogen and oxygen atoms in total. The lowest BCUT2D eigenvalue weighted by Crippen LogP contribution is -2.21. The van der Waals surface area contributed by atoms with Crippen LogP contribution in [0.15, 0.2) is 12.2 Å². The molecule has 30 heavy (non-hydrogen) atoms. The van der Waals surface area contributed by atoms with E-state index in [0.29, 0.717) is 5.56 Å². The van der Waals surface area contributed by atoms with Crippen molar-refractivity contribution in [3.8, 4) is 0 Å². The maximum absolute atomic E-state index is 12.3. The minimum Gasteiger partial charge on any atom is -0.463 e. The zero-order chi connectivity index (χ0) is 22.8. The number of carbonyl (C=O) groups is 5. The molecule has 2 amide bonds. The van der Waals surface area contributed by atoms with Gasteiger partial charge in [-0.3, -0.25) is 9.59 Å². The third-order valence-corrected chi connectivity index (χ3v) is 4.66. The SMILES string of the molecule is CCOC(=O)C=CC(=O)OCC(=O)Nc1sc(C(=O)N(C)C)c(C)c1C(=O)OCC. The maximum Gasteiger partial charge on any atom is 0.341 e. The lowest BCUT2D eigenvalue weighted by molar-refractivity contribution is -0.143. The first-order chi connectivity index (χ1) is 14.1. The first-order valence-electron chi connectivity index (χ1n) is 8.95. The van der Waals surface area contributed by atoms with Crippen molar-refractivity contribution >= 4 is 46.1 Å². The molecule has 0 saturated carbocycles. The van der Waals surface area contributed by atoms with E-state index in [-0.39, 0.29) is 34.6 Å². The van der Waals surface area contributed by atoms with Gasteiger partial charge in [0.05, 0.1) is 23.7 Å². The van der Waals surface area contributed by atoms with Crippen LogP contribution in [0.25, 0.3) is 0 Å². The van der Waals surface area contributed by atoms with Gasteiger partial charge in [0.15, 0.2) is 6.61 Å². The standard InChI is InChI=1S/C19H24N2O8S/c1-6-27-13(23)8-9-14(24)29-10-12(22)20-17-15(19(26)28-7-2)11(3)16(30-17)18(25)21(4)5/h8-9H,6-7,10H2,1-5H3,(H,20,22). The molecule has 0 aromatic carbocycles.